The molecule has 0 aliphatic carbocycles. The highest BCUT2D eigenvalue weighted by atomic mass is 35.5. The lowest BCUT2D eigenvalue weighted by Crippen LogP contribution is -2.31. The Kier molecular flexibility index (Phi) is 6.35. The molecule has 2 aromatic carbocycles. The molecule has 0 atom stereocenters. The summed E-state index contributed by atoms with van der Waals surface area (Å²) < 4.78 is 1.82. The monoisotopic (exact) mass is 395 g/mol. The molecule has 0 spiro atoms. The van der Waals surface area contributed by atoms with Gasteiger partial charge < -0.3 is 5.32 Å². The van der Waals surface area contributed by atoms with Gasteiger partial charge >= 0.3 is 0 Å². The number of hydrazone groups is 1. The first-order valence-electron chi connectivity index (χ1n) is 8.26. The lowest BCUT2D eigenvalue weighted by atomic mass is 10.1. The number of rotatable bonds is 6. The molecular formula is C20H18ClN5S. The van der Waals surface area contributed by atoms with E-state index in [2.05, 4.69) is 22.4 Å². The number of hydrogen-bond donors (Lipinski definition) is 2. The molecule has 0 bridgehead atoms. The maximum absolute atomic E-state index is 6.01. The van der Waals surface area contributed by atoms with Gasteiger partial charge in [0.15, 0.2) is 5.11 Å². The van der Waals surface area contributed by atoms with E-state index >= 15 is 0 Å². The molecule has 3 aromatic rings. The van der Waals surface area contributed by atoms with E-state index in [4.69, 9.17) is 28.9 Å². The maximum Gasteiger partial charge on any atom is 0.187 e. The van der Waals surface area contributed by atoms with Crippen LogP contribution < -0.4 is 10.7 Å². The molecule has 0 amide bonds. The van der Waals surface area contributed by atoms with E-state index in [1.54, 1.807) is 12.3 Å². The van der Waals surface area contributed by atoms with Crippen molar-refractivity contribution in [3.05, 3.63) is 84.0 Å². The van der Waals surface area contributed by atoms with Crippen LogP contribution in [0, 0.1) is 0 Å². The SMILES string of the molecule is C=CCNC(=S)N/N=C/c1cn(-c2ccccc2)nc1-c1ccc(Cl)cc1. The predicted molar refractivity (Wildman–Crippen MR) is 116 cm³/mol. The van der Waals surface area contributed by atoms with Gasteiger partial charge in [-0.2, -0.15) is 10.2 Å². The van der Waals surface area contributed by atoms with Crippen molar-refractivity contribution in [3.63, 3.8) is 0 Å². The first-order chi connectivity index (χ1) is 13.2. The van der Waals surface area contributed by atoms with Gasteiger partial charge in [-0.3, -0.25) is 5.43 Å². The van der Waals surface area contributed by atoms with Gasteiger partial charge in [0.25, 0.3) is 0 Å². The molecule has 3 rings (SSSR count). The third-order valence-corrected chi connectivity index (χ3v) is 4.15. The van der Waals surface area contributed by atoms with Crippen LogP contribution in [-0.4, -0.2) is 27.7 Å². The number of aromatic nitrogens is 2. The highest BCUT2D eigenvalue weighted by Gasteiger charge is 2.11. The van der Waals surface area contributed by atoms with E-state index < -0.39 is 0 Å². The zero-order valence-corrected chi connectivity index (χ0v) is 16.0. The van der Waals surface area contributed by atoms with E-state index in [0.29, 0.717) is 16.7 Å². The zero-order valence-electron chi connectivity index (χ0n) is 14.5. The summed E-state index contributed by atoms with van der Waals surface area (Å²) in [4.78, 5) is 0. The van der Waals surface area contributed by atoms with E-state index in [1.807, 2.05) is 65.5 Å². The fraction of sp³-hybridized carbons (Fsp3) is 0.0500. The summed E-state index contributed by atoms with van der Waals surface area (Å²) in [5, 5.41) is 13.0. The lowest BCUT2D eigenvalue weighted by molar-refractivity contribution is 0.884. The second-order valence-electron chi connectivity index (χ2n) is 5.59. The van der Waals surface area contributed by atoms with Gasteiger partial charge in [0, 0.05) is 28.9 Å². The molecule has 27 heavy (non-hydrogen) atoms. The number of nitrogens with zero attached hydrogens (tertiary/aromatic N) is 3. The number of hydrogen-bond acceptors (Lipinski definition) is 3. The summed E-state index contributed by atoms with van der Waals surface area (Å²) in [5.74, 6) is 0. The minimum absolute atomic E-state index is 0.426. The number of benzene rings is 2. The van der Waals surface area contributed by atoms with Crippen molar-refractivity contribution >= 4 is 35.1 Å². The average Bonchev–Trinajstić information content (AvgIpc) is 3.12. The smallest absolute Gasteiger partial charge is 0.187 e. The maximum atomic E-state index is 6.01. The molecule has 0 aliphatic rings. The highest BCUT2D eigenvalue weighted by Crippen LogP contribution is 2.24. The molecule has 0 aliphatic heterocycles. The second-order valence-corrected chi connectivity index (χ2v) is 6.43. The fourth-order valence-corrected chi connectivity index (χ4v) is 2.65. The van der Waals surface area contributed by atoms with Crippen molar-refractivity contribution < 1.29 is 0 Å². The fourth-order valence-electron chi connectivity index (χ4n) is 2.39. The lowest BCUT2D eigenvalue weighted by Gasteiger charge is -2.03. The Labute approximate surface area is 168 Å². The zero-order chi connectivity index (χ0) is 19.1. The summed E-state index contributed by atoms with van der Waals surface area (Å²) >= 11 is 11.1. The minimum atomic E-state index is 0.426. The molecule has 7 heteroatoms. The van der Waals surface area contributed by atoms with Crippen LogP contribution in [0.3, 0.4) is 0 Å². The summed E-state index contributed by atoms with van der Waals surface area (Å²) in [7, 11) is 0. The number of para-hydroxylation sites is 1. The van der Waals surface area contributed by atoms with Gasteiger partial charge in [-0.15, -0.1) is 6.58 Å². The van der Waals surface area contributed by atoms with Crippen LogP contribution in [0.5, 0.6) is 0 Å². The van der Waals surface area contributed by atoms with E-state index in [-0.39, 0.29) is 0 Å². The van der Waals surface area contributed by atoms with Crippen molar-refractivity contribution in [3.8, 4) is 16.9 Å². The van der Waals surface area contributed by atoms with Crippen LogP contribution in [0.4, 0.5) is 0 Å². The van der Waals surface area contributed by atoms with Gasteiger partial charge in [0.05, 0.1) is 11.9 Å². The normalized spacial score (nSPS) is 10.7. The van der Waals surface area contributed by atoms with Gasteiger partial charge in [0.1, 0.15) is 5.69 Å². The molecule has 0 saturated carbocycles. The summed E-state index contributed by atoms with van der Waals surface area (Å²) in [6.07, 6.45) is 5.34. The Morgan fingerprint density at radius 2 is 1.93 bits per heavy atom. The van der Waals surface area contributed by atoms with Crippen LogP contribution in [-0.2, 0) is 0 Å². The minimum Gasteiger partial charge on any atom is -0.358 e. The Morgan fingerprint density at radius 3 is 2.63 bits per heavy atom. The highest BCUT2D eigenvalue weighted by molar-refractivity contribution is 7.80. The van der Waals surface area contributed by atoms with Crippen molar-refractivity contribution in [1.82, 2.24) is 20.5 Å². The molecule has 1 heterocycles. The topological polar surface area (TPSA) is 54.2 Å². The quantitative estimate of drug-likeness (QED) is 0.284. The number of halogens is 1. The molecule has 1 aromatic heterocycles. The summed E-state index contributed by atoms with van der Waals surface area (Å²) in [5.41, 5.74) is 6.34. The van der Waals surface area contributed by atoms with Crippen LogP contribution in [0.1, 0.15) is 5.56 Å². The van der Waals surface area contributed by atoms with Gasteiger partial charge in [-0.05, 0) is 36.5 Å². The third kappa shape index (κ3) is 5.03. The molecular weight excluding hydrogens is 378 g/mol. The van der Waals surface area contributed by atoms with Gasteiger partial charge in [-0.25, -0.2) is 4.68 Å². The van der Waals surface area contributed by atoms with Gasteiger partial charge in [-0.1, -0.05) is 48.0 Å². The molecule has 0 radical (unpaired) electrons. The Bertz CT molecular complexity index is 948. The Hall–Kier alpha value is -2.96. The van der Waals surface area contributed by atoms with Crippen molar-refractivity contribution in [2.45, 2.75) is 0 Å². The molecule has 2 N–H and O–H groups in total. The molecule has 136 valence electrons. The number of nitrogens with one attached hydrogen (secondary N) is 2. The van der Waals surface area contributed by atoms with Crippen molar-refractivity contribution in [1.29, 1.82) is 0 Å². The third-order valence-electron chi connectivity index (χ3n) is 3.66. The predicted octanol–water partition coefficient (Wildman–Crippen LogP) is 4.18. The molecule has 5 nitrogen and oxygen atoms in total. The van der Waals surface area contributed by atoms with Crippen LogP contribution in [0.2, 0.25) is 5.02 Å². The second kappa shape index (κ2) is 9.12. The van der Waals surface area contributed by atoms with E-state index in [9.17, 15) is 0 Å². The first-order valence-corrected chi connectivity index (χ1v) is 9.05. The number of thiocarbonyl (C=S) groups is 1. The van der Waals surface area contributed by atoms with Crippen molar-refractivity contribution in [2.24, 2.45) is 5.10 Å². The summed E-state index contributed by atoms with van der Waals surface area (Å²) in [6.45, 7) is 4.21. The largest absolute Gasteiger partial charge is 0.358 e. The summed E-state index contributed by atoms with van der Waals surface area (Å²) in [6, 6.07) is 17.4. The van der Waals surface area contributed by atoms with E-state index in [0.717, 1.165) is 22.5 Å². The molecule has 0 saturated heterocycles. The van der Waals surface area contributed by atoms with E-state index in [1.165, 1.54) is 0 Å². The van der Waals surface area contributed by atoms with Crippen molar-refractivity contribution in [2.75, 3.05) is 6.54 Å². The molecule has 0 unspecified atom stereocenters. The Balaban J connectivity index is 1.90. The molecule has 0 fully saturated rings. The van der Waals surface area contributed by atoms with Crippen LogP contribution in [0.15, 0.2) is 78.6 Å². The average molecular weight is 396 g/mol. The van der Waals surface area contributed by atoms with Crippen LogP contribution >= 0.6 is 23.8 Å². The van der Waals surface area contributed by atoms with Crippen LogP contribution in [0.25, 0.3) is 16.9 Å². The first kappa shape index (κ1) is 18.8. The Morgan fingerprint density at radius 1 is 1.19 bits per heavy atom. The standard InChI is InChI=1S/C20H18ClN5S/c1-2-12-22-20(27)24-23-13-16-14-26(18-6-4-3-5-7-18)25-19(16)15-8-10-17(21)11-9-15/h2-11,13-14H,1,12H2,(H2,22,24,27)/b23-13+. The van der Waals surface area contributed by atoms with Gasteiger partial charge in [0.2, 0.25) is 0 Å².